The van der Waals surface area contributed by atoms with Gasteiger partial charge in [0.25, 0.3) is 0 Å². The number of rotatable bonds is 7. The van der Waals surface area contributed by atoms with Gasteiger partial charge in [0.15, 0.2) is 0 Å². The van der Waals surface area contributed by atoms with E-state index in [-0.39, 0.29) is 5.75 Å². The van der Waals surface area contributed by atoms with Crippen LogP contribution >= 0.6 is 11.3 Å². The van der Waals surface area contributed by atoms with Gasteiger partial charge in [0, 0.05) is 18.5 Å². The molecule has 16 heavy (non-hydrogen) atoms. The van der Waals surface area contributed by atoms with Crippen LogP contribution in [-0.4, -0.2) is 32.1 Å². The molecule has 0 saturated carbocycles. The van der Waals surface area contributed by atoms with Crippen molar-refractivity contribution < 1.29 is 8.42 Å². The molecule has 0 aliphatic heterocycles. The average molecular weight is 261 g/mol. The summed E-state index contributed by atoms with van der Waals surface area (Å²) in [4.78, 5) is 1.23. The Morgan fingerprint density at radius 2 is 2.19 bits per heavy atom. The minimum Gasteiger partial charge on any atom is -0.212 e. The van der Waals surface area contributed by atoms with Gasteiger partial charge >= 0.3 is 0 Å². The molecule has 0 aliphatic rings. The average Bonchev–Trinajstić information content (AvgIpc) is 2.75. The van der Waals surface area contributed by atoms with Crippen LogP contribution in [0.3, 0.4) is 0 Å². The summed E-state index contributed by atoms with van der Waals surface area (Å²) in [6.07, 6.45) is 2.46. The molecule has 0 fully saturated rings. The fourth-order valence-electron chi connectivity index (χ4n) is 1.34. The number of sulfonamides is 1. The molecule has 0 aliphatic carbocycles. The van der Waals surface area contributed by atoms with E-state index in [0.29, 0.717) is 6.54 Å². The van der Waals surface area contributed by atoms with Crippen molar-refractivity contribution in [2.75, 3.05) is 19.3 Å². The Hall–Kier alpha value is -0.390. The van der Waals surface area contributed by atoms with Crippen molar-refractivity contribution in [1.29, 1.82) is 0 Å². The smallest absolute Gasteiger partial charge is 0.212 e. The van der Waals surface area contributed by atoms with Crippen LogP contribution in [0.15, 0.2) is 17.5 Å². The zero-order valence-corrected chi connectivity index (χ0v) is 11.5. The summed E-state index contributed by atoms with van der Waals surface area (Å²) in [6.45, 7) is 2.58. The normalized spacial score (nSPS) is 12.2. The van der Waals surface area contributed by atoms with Crippen LogP contribution in [0.4, 0.5) is 0 Å². The van der Waals surface area contributed by atoms with Crippen LogP contribution in [0.2, 0.25) is 0 Å². The molecule has 1 aromatic rings. The third kappa shape index (κ3) is 4.23. The maximum Gasteiger partial charge on any atom is 0.213 e. The Balaban J connectivity index is 2.42. The van der Waals surface area contributed by atoms with E-state index in [4.69, 9.17) is 0 Å². The van der Waals surface area contributed by atoms with Gasteiger partial charge in [-0.2, -0.15) is 0 Å². The largest absolute Gasteiger partial charge is 0.213 e. The Kier molecular flexibility index (Phi) is 5.44. The molecule has 3 nitrogen and oxygen atoms in total. The van der Waals surface area contributed by atoms with Crippen LogP contribution in [0.1, 0.15) is 24.6 Å². The van der Waals surface area contributed by atoms with Crippen molar-refractivity contribution in [2.24, 2.45) is 0 Å². The second kappa shape index (κ2) is 6.37. The molecule has 0 radical (unpaired) electrons. The van der Waals surface area contributed by atoms with Crippen LogP contribution in [-0.2, 0) is 16.4 Å². The maximum absolute atomic E-state index is 11.8. The molecule has 1 heterocycles. The van der Waals surface area contributed by atoms with Crippen LogP contribution < -0.4 is 0 Å². The summed E-state index contributed by atoms with van der Waals surface area (Å²) < 4.78 is 25.0. The minimum atomic E-state index is -3.04. The Morgan fingerprint density at radius 3 is 2.75 bits per heavy atom. The molecule has 1 rings (SSSR count). The first-order chi connectivity index (χ1) is 7.56. The van der Waals surface area contributed by atoms with Gasteiger partial charge in [-0.15, -0.1) is 11.3 Å². The van der Waals surface area contributed by atoms with E-state index in [1.54, 1.807) is 18.4 Å². The van der Waals surface area contributed by atoms with Crippen molar-refractivity contribution in [3.8, 4) is 0 Å². The summed E-state index contributed by atoms with van der Waals surface area (Å²) in [6, 6.07) is 4.03. The molecule has 0 saturated heterocycles. The molecule has 0 aromatic carbocycles. The van der Waals surface area contributed by atoms with Gasteiger partial charge in [0.1, 0.15) is 0 Å². The highest BCUT2D eigenvalue weighted by Crippen LogP contribution is 2.11. The lowest BCUT2D eigenvalue weighted by Gasteiger charge is -2.16. The third-order valence-corrected chi connectivity index (χ3v) is 5.36. The lowest BCUT2D eigenvalue weighted by molar-refractivity contribution is 0.472. The molecule has 0 unspecified atom stereocenters. The third-order valence-electron chi connectivity index (χ3n) is 2.48. The van der Waals surface area contributed by atoms with E-state index in [1.807, 2.05) is 24.4 Å². The predicted octanol–water partition coefficient (Wildman–Crippen LogP) is 2.35. The zero-order chi connectivity index (χ0) is 12.0. The summed E-state index contributed by atoms with van der Waals surface area (Å²) in [7, 11) is -1.37. The topological polar surface area (TPSA) is 37.4 Å². The molecule has 5 heteroatoms. The Labute approximate surface area is 102 Å². The van der Waals surface area contributed by atoms with E-state index in [1.165, 1.54) is 9.18 Å². The zero-order valence-electron chi connectivity index (χ0n) is 9.85. The van der Waals surface area contributed by atoms with Gasteiger partial charge in [0.2, 0.25) is 10.0 Å². The monoisotopic (exact) mass is 261 g/mol. The highest BCUT2D eigenvalue weighted by Gasteiger charge is 2.16. The van der Waals surface area contributed by atoms with Gasteiger partial charge in [0.05, 0.1) is 5.75 Å². The van der Waals surface area contributed by atoms with E-state index in [2.05, 4.69) is 0 Å². The lowest BCUT2D eigenvalue weighted by Crippen LogP contribution is -2.30. The van der Waals surface area contributed by atoms with Gasteiger partial charge in [-0.1, -0.05) is 19.4 Å². The van der Waals surface area contributed by atoms with Crippen molar-refractivity contribution in [2.45, 2.75) is 26.2 Å². The summed E-state index contributed by atoms with van der Waals surface area (Å²) in [5.41, 5.74) is 0. The maximum atomic E-state index is 11.8. The van der Waals surface area contributed by atoms with Gasteiger partial charge in [-0.25, -0.2) is 12.7 Å². The van der Waals surface area contributed by atoms with Crippen LogP contribution in [0, 0.1) is 0 Å². The van der Waals surface area contributed by atoms with Gasteiger partial charge in [-0.05, 0) is 24.3 Å². The molecule has 0 bridgehead atoms. The number of hydrogen-bond acceptors (Lipinski definition) is 3. The molecule has 1 aromatic heterocycles. The van der Waals surface area contributed by atoms with Crippen molar-refractivity contribution in [3.05, 3.63) is 22.4 Å². The fraction of sp³-hybridized carbons (Fsp3) is 0.636. The Bertz CT molecular complexity index is 384. The lowest BCUT2D eigenvalue weighted by atomic mass is 10.3. The predicted molar refractivity (Wildman–Crippen MR) is 69.3 cm³/mol. The van der Waals surface area contributed by atoms with Gasteiger partial charge in [-0.3, -0.25) is 0 Å². The first-order valence-corrected chi connectivity index (χ1v) is 8.01. The SMILES string of the molecule is CCCCS(=O)(=O)N(C)CCc1cccs1. The second-order valence-corrected chi connectivity index (χ2v) is 7.05. The quantitative estimate of drug-likeness (QED) is 0.755. The van der Waals surface area contributed by atoms with E-state index in [9.17, 15) is 8.42 Å². The number of likely N-dealkylation sites (N-methyl/N-ethyl adjacent to an activating group) is 1. The number of hydrogen-bond donors (Lipinski definition) is 0. The van der Waals surface area contributed by atoms with Crippen molar-refractivity contribution in [3.63, 3.8) is 0 Å². The Morgan fingerprint density at radius 1 is 1.44 bits per heavy atom. The fourth-order valence-corrected chi connectivity index (χ4v) is 3.38. The highest BCUT2D eigenvalue weighted by atomic mass is 32.2. The van der Waals surface area contributed by atoms with Crippen LogP contribution in [0.5, 0.6) is 0 Å². The second-order valence-electron chi connectivity index (χ2n) is 3.82. The summed E-state index contributed by atoms with van der Waals surface area (Å²) in [5, 5.41) is 2.01. The van der Waals surface area contributed by atoms with Crippen molar-refractivity contribution >= 4 is 21.4 Å². The van der Waals surface area contributed by atoms with Crippen LogP contribution in [0.25, 0.3) is 0 Å². The van der Waals surface area contributed by atoms with E-state index >= 15 is 0 Å². The molecule has 0 N–H and O–H groups in total. The number of unbranched alkanes of at least 4 members (excludes halogenated alkanes) is 1. The van der Waals surface area contributed by atoms with Gasteiger partial charge < -0.3 is 0 Å². The molecule has 92 valence electrons. The standard InChI is InChI=1S/C11H19NO2S2/c1-3-4-10-16(13,14)12(2)8-7-11-6-5-9-15-11/h5-6,9H,3-4,7-8,10H2,1-2H3. The molecule has 0 amide bonds. The van der Waals surface area contributed by atoms with E-state index < -0.39 is 10.0 Å². The minimum absolute atomic E-state index is 0.268. The summed E-state index contributed by atoms with van der Waals surface area (Å²) in [5.74, 6) is 0.268. The van der Waals surface area contributed by atoms with E-state index in [0.717, 1.165) is 19.3 Å². The first-order valence-electron chi connectivity index (χ1n) is 5.52. The molecule has 0 spiro atoms. The molecular weight excluding hydrogens is 242 g/mol. The van der Waals surface area contributed by atoms with Crippen molar-refractivity contribution in [1.82, 2.24) is 4.31 Å². The first kappa shape index (κ1) is 13.7. The molecular formula is C11H19NO2S2. The number of nitrogens with zero attached hydrogens (tertiary/aromatic N) is 1. The molecule has 0 atom stereocenters. The number of thiophene rings is 1. The summed E-state index contributed by atoms with van der Waals surface area (Å²) >= 11 is 1.67. The highest BCUT2D eigenvalue weighted by molar-refractivity contribution is 7.89.